The summed E-state index contributed by atoms with van der Waals surface area (Å²) >= 11 is 0. The molecular weight excluding hydrogens is 318 g/mol. The maximum Gasteiger partial charge on any atom is 0.270 e. The molecule has 1 aromatic heterocycles. The predicted octanol–water partition coefficient (Wildman–Crippen LogP) is 3.68. The van der Waals surface area contributed by atoms with Gasteiger partial charge in [-0.15, -0.1) is 0 Å². The van der Waals surface area contributed by atoms with E-state index in [0.29, 0.717) is 11.6 Å². The number of nitrogens with zero attached hydrogens (tertiary/aromatic N) is 2. The van der Waals surface area contributed by atoms with Gasteiger partial charge in [0.05, 0.1) is 0 Å². The minimum Gasteiger partial charge on any atom is -0.484 e. The highest BCUT2D eigenvalue weighted by Crippen LogP contribution is 2.19. The third kappa shape index (κ3) is 4.23. The largest absolute Gasteiger partial charge is 0.484 e. The number of ether oxygens (including phenoxy) is 1. The topological polar surface area (TPSA) is 77.2 Å². The normalized spacial score (nSPS) is 10.5. The standard InChI is InChI=1S/C19H19N3O3/c1-12-4-7-15(8-5-12)18-21-19(22-25-18)20-17(23)11-24-16-9-6-13(2)14(3)10-16/h4-10H,11H2,1-3H3,(H,20,22,23). The van der Waals surface area contributed by atoms with Crippen LogP contribution in [0.15, 0.2) is 47.0 Å². The number of nitrogens with one attached hydrogen (secondary N) is 1. The number of carbonyl (C=O) groups excluding carboxylic acids is 1. The first-order valence-electron chi connectivity index (χ1n) is 7.92. The van der Waals surface area contributed by atoms with Crippen molar-refractivity contribution < 1.29 is 14.1 Å². The fourth-order valence-electron chi connectivity index (χ4n) is 2.20. The summed E-state index contributed by atoms with van der Waals surface area (Å²) in [6.45, 7) is 5.89. The third-order valence-corrected chi connectivity index (χ3v) is 3.82. The van der Waals surface area contributed by atoms with Crippen LogP contribution >= 0.6 is 0 Å². The van der Waals surface area contributed by atoms with Crippen molar-refractivity contribution in [2.75, 3.05) is 11.9 Å². The van der Waals surface area contributed by atoms with E-state index in [-0.39, 0.29) is 18.5 Å². The van der Waals surface area contributed by atoms with Crippen LogP contribution in [0.2, 0.25) is 0 Å². The third-order valence-electron chi connectivity index (χ3n) is 3.82. The minimum absolute atomic E-state index is 0.115. The van der Waals surface area contributed by atoms with Crippen LogP contribution in [0.3, 0.4) is 0 Å². The van der Waals surface area contributed by atoms with Crippen LogP contribution in [0, 0.1) is 20.8 Å². The van der Waals surface area contributed by atoms with Crippen LogP contribution in [-0.2, 0) is 4.79 Å². The van der Waals surface area contributed by atoms with Gasteiger partial charge in [0.25, 0.3) is 17.7 Å². The fraction of sp³-hybridized carbons (Fsp3) is 0.211. The molecular formula is C19H19N3O3. The SMILES string of the molecule is Cc1ccc(-c2nc(NC(=O)COc3ccc(C)c(C)c3)no2)cc1. The Kier molecular flexibility index (Phi) is 4.79. The number of aromatic nitrogens is 2. The first kappa shape index (κ1) is 16.7. The summed E-state index contributed by atoms with van der Waals surface area (Å²) < 4.78 is 10.6. The molecule has 0 saturated heterocycles. The lowest BCUT2D eigenvalue weighted by Crippen LogP contribution is -2.20. The number of hydrogen-bond acceptors (Lipinski definition) is 5. The number of rotatable bonds is 5. The summed E-state index contributed by atoms with van der Waals surface area (Å²) in [6.07, 6.45) is 0. The molecule has 6 nitrogen and oxygen atoms in total. The van der Waals surface area contributed by atoms with Crippen molar-refractivity contribution in [3.63, 3.8) is 0 Å². The average molecular weight is 337 g/mol. The quantitative estimate of drug-likeness (QED) is 0.768. The van der Waals surface area contributed by atoms with Crippen molar-refractivity contribution in [2.24, 2.45) is 0 Å². The molecule has 0 unspecified atom stereocenters. The molecule has 25 heavy (non-hydrogen) atoms. The molecule has 0 fully saturated rings. The molecule has 6 heteroatoms. The van der Waals surface area contributed by atoms with Gasteiger partial charge in [0.2, 0.25) is 0 Å². The van der Waals surface area contributed by atoms with Gasteiger partial charge in [0.1, 0.15) is 5.75 Å². The number of hydrogen-bond donors (Lipinski definition) is 1. The van der Waals surface area contributed by atoms with E-state index in [4.69, 9.17) is 9.26 Å². The Labute approximate surface area is 145 Å². The summed E-state index contributed by atoms with van der Waals surface area (Å²) in [5.74, 6) is 0.760. The molecule has 0 radical (unpaired) electrons. The highest BCUT2D eigenvalue weighted by atomic mass is 16.5. The summed E-state index contributed by atoms with van der Waals surface area (Å²) in [5.41, 5.74) is 4.22. The van der Waals surface area contributed by atoms with Crippen molar-refractivity contribution >= 4 is 11.9 Å². The van der Waals surface area contributed by atoms with Gasteiger partial charge in [-0.3, -0.25) is 10.1 Å². The van der Waals surface area contributed by atoms with Gasteiger partial charge in [0.15, 0.2) is 6.61 Å². The Morgan fingerprint density at radius 1 is 1.08 bits per heavy atom. The van der Waals surface area contributed by atoms with Crippen LogP contribution < -0.4 is 10.1 Å². The second-order valence-electron chi connectivity index (χ2n) is 5.87. The molecule has 1 amide bonds. The van der Waals surface area contributed by atoms with Crippen LogP contribution in [0.1, 0.15) is 16.7 Å². The maximum atomic E-state index is 12.0. The predicted molar refractivity (Wildman–Crippen MR) is 94.5 cm³/mol. The molecule has 0 atom stereocenters. The van der Waals surface area contributed by atoms with Crippen LogP contribution in [-0.4, -0.2) is 22.7 Å². The van der Waals surface area contributed by atoms with E-state index in [1.165, 1.54) is 5.56 Å². The average Bonchev–Trinajstić information content (AvgIpc) is 3.05. The lowest BCUT2D eigenvalue weighted by molar-refractivity contribution is -0.118. The van der Waals surface area contributed by atoms with E-state index in [9.17, 15) is 4.79 Å². The van der Waals surface area contributed by atoms with Gasteiger partial charge in [-0.05, 0) is 61.3 Å². The molecule has 0 saturated carbocycles. The Bertz CT molecular complexity index is 885. The van der Waals surface area contributed by atoms with Gasteiger partial charge < -0.3 is 9.26 Å². The lowest BCUT2D eigenvalue weighted by Gasteiger charge is -2.07. The summed E-state index contributed by atoms with van der Waals surface area (Å²) in [6, 6.07) is 13.4. The van der Waals surface area contributed by atoms with E-state index in [1.54, 1.807) is 0 Å². The van der Waals surface area contributed by atoms with Gasteiger partial charge in [0, 0.05) is 5.56 Å². The molecule has 0 aliphatic heterocycles. The van der Waals surface area contributed by atoms with Crippen LogP contribution in [0.25, 0.3) is 11.5 Å². The van der Waals surface area contributed by atoms with Gasteiger partial charge in [-0.2, -0.15) is 4.98 Å². The first-order chi connectivity index (χ1) is 12.0. The second-order valence-corrected chi connectivity index (χ2v) is 5.87. The Hall–Kier alpha value is -3.15. The highest BCUT2D eigenvalue weighted by molar-refractivity contribution is 5.90. The number of carbonyl (C=O) groups is 1. The molecule has 0 bridgehead atoms. The summed E-state index contributed by atoms with van der Waals surface area (Å²) in [5, 5.41) is 6.32. The van der Waals surface area contributed by atoms with E-state index in [1.807, 2.05) is 63.2 Å². The summed E-state index contributed by atoms with van der Waals surface area (Å²) in [7, 11) is 0. The Morgan fingerprint density at radius 3 is 2.56 bits per heavy atom. The molecule has 0 aliphatic rings. The van der Waals surface area contributed by atoms with Crippen molar-refractivity contribution in [2.45, 2.75) is 20.8 Å². The van der Waals surface area contributed by atoms with Crippen molar-refractivity contribution in [3.8, 4) is 17.2 Å². The van der Waals surface area contributed by atoms with E-state index >= 15 is 0 Å². The van der Waals surface area contributed by atoms with E-state index < -0.39 is 0 Å². The number of anilines is 1. The molecule has 1 heterocycles. The van der Waals surface area contributed by atoms with Gasteiger partial charge >= 0.3 is 0 Å². The number of aryl methyl sites for hydroxylation is 3. The minimum atomic E-state index is -0.352. The molecule has 0 aliphatic carbocycles. The van der Waals surface area contributed by atoms with Gasteiger partial charge in [-0.25, -0.2) is 0 Å². The second kappa shape index (κ2) is 7.17. The molecule has 128 valence electrons. The molecule has 0 spiro atoms. The fourth-order valence-corrected chi connectivity index (χ4v) is 2.20. The molecule has 2 aromatic carbocycles. The zero-order valence-electron chi connectivity index (χ0n) is 14.4. The molecule has 1 N–H and O–H groups in total. The lowest BCUT2D eigenvalue weighted by atomic mass is 10.1. The van der Waals surface area contributed by atoms with Crippen LogP contribution in [0.4, 0.5) is 5.95 Å². The smallest absolute Gasteiger partial charge is 0.270 e. The summed E-state index contributed by atoms with van der Waals surface area (Å²) in [4.78, 5) is 16.1. The van der Waals surface area contributed by atoms with E-state index in [0.717, 1.165) is 16.7 Å². The van der Waals surface area contributed by atoms with Crippen LogP contribution in [0.5, 0.6) is 5.75 Å². The number of amides is 1. The zero-order valence-corrected chi connectivity index (χ0v) is 14.4. The monoisotopic (exact) mass is 337 g/mol. The number of benzene rings is 2. The van der Waals surface area contributed by atoms with Crippen molar-refractivity contribution in [1.29, 1.82) is 0 Å². The Morgan fingerprint density at radius 2 is 1.84 bits per heavy atom. The van der Waals surface area contributed by atoms with Crippen molar-refractivity contribution in [3.05, 3.63) is 59.2 Å². The van der Waals surface area contributed by atoms with Gasteiger partial charge in [-0.1, -0.05) is 23.8 Å². The molecule has 3 rings (SSSR count). The first-order valence-corrected chi connectivity index (χ1v) is 7.92. The maximum absolute atomic E-state index is 12.0. The Balaban J connectivity index is 1.58. The highest BCUT2D eigenvalue weighted by Gasteiger charge is 2.12. The molecule has 3 aromatic rings. The van der Waals surface area contributed by atoms with Crippen molar-refractivity contribution in [1.82, 2.24) is 10.1 Å². The van der Waals surface area contributed by atoms with E-state index in [2.05, 4.69) is 15.5 Å². The zero-order chi connectivity index (χ0) is 17.8.